The van der Waals surface area contributed by atoms with Gasteiger partial charge in [0.15, 0.2) is 0 Å². The van der Waals surface area contributed by atoms with E-state index in [2.05, 4.69) is 12.2 Å². The molecule has 0 spiro atoms. The van der Waals surface area contributed by atoms with E-state index in [1.807, 2.05) is 7.05 Å². The maximum atomic E-state index is 12.8. The van der Waals surface area contributed by atoms with Gasteiger partial charge in [0.2, 0.25) is 0 Å². The predicted molar refractivity (Wildman–Crippen MR) is 79.4 cm³/mol. The summed E-state index contributed by atoms with van der Waals surface area (Å²) < 4.78 is 38.4. The van der Waals surface area contributed by atoms with Crippen molar-refractivity contribution in [2.24, 2.45) is 11.8 Å². The molecule has 1 aliphatic carbocycles. The Morgan fingerprint density at radius 3 is 2.52 bits per heavy atom. The van der Waals surface area contributed by atoms with Crippen molar-refractivity contribution in [3.63, 3.8) is 0 Å². The largest absolute Gasteiger partial charge is 0.416 e. The highest BCUT2D eigenvalue weighted by molar-refractivity contribution is 5.35. The smallest absolute Gasteiger partial charge is 0.319 e. The van der Waals surface area contributed by atoms with Gasteiger partial charge in [-0.1, -0.05) is 19.4 Å². The summed E-state index contributed by atoms with van der Waals surface area (Å²) in [6.07, 6.45) is -0.832. The van der Waals surface area contributed by atoms with E-state index in [1.54, 1.807) is 13.0 Å². The van der Waals surface area contributed by atoms with E-state index in [-0.39, 0.29) is 0 Å². The Balaban J connectivity index is 2.30. The van der Waals surface area contributed by atoms with Crippen LogP contribution in [0.5, 0.6) is 0 Å². The fourth-order valence-electron chi connectivity index (χ4n) is 3.60. The van der Waals surface area contributed by atoms with E-state index >= 15 is 0 Å². The lowest BCUT2D eigenvalue weighted by molar-refractivity contribution is -0.137. The van der Waals surface area contributed by atoms with Gasteiger partial charge in [-0.25, -0.2) is 0 Å². The first kappa shape index (κ1) is 16.3. The van der Waals surface area contributed by atoms with E-state index in [1.165, 1.54) is 18.6 Å². The highest BCUT2D eigenvalue weighted by Gasteiger charge is 2.33. The van der Waals surface area contributed by atoms with E-state index in [9.17, 15) is 13.2 Å². The molecule has 0 aliphatic heterocycles. The molecule has 118 valence electrons. The van der Waals surface area contributed by atoms with Gasteiger partial charge in [-0.3, -0.25) is 0 Å². The third-order valence-corrected chi connectivity index (χ3v) is 4.72. The minimum Gasteiger partial charge on any atom is -0.319 e. The lowest BCUT2D eigenvalue weighted by Crippen LogP contribution is -2.30. The van der Waals surface area contributed by atoms with Gasteiger partial charge in [0.25, 0.3) is 0 Å². The molecule has 1 N–H and O–H groups in total. The van der Waals surface area contributed by atoms with Gasteiger partial charge in [0, 0.05) is 0 Å². The molecule has 2 rings (SSSR count). The summed E-state index contributed by atoms with van der Waals surface area (Å²) in [6.45, 7) is 4.97. The molecule has 4 heteroatoms. The van der Waals surface area contributed by atoms with Crippen molar-refractivity contribution in [1.82, 2.24) is 5.32 Å². The van der Waals surface area contributed by atoms with Crippen molar-refractivity contribution in [2.45, 2.75) is 45.2 Å². The first-order valence-corrected chi connectivity index (χ1v) is 7.65. The number of nitrogens with one attached hydrogen (secondary N) is 1. The zero-order valence-corrected chi connectivity index (χ0v) is 12.9. The summed E-state index contributed by atoms with van der Waals surface area (Å²) in [5.41, 5.74) is 1.32. The van der Waals surface area contributed by atoms with E-state index in [4.69, 9.17) is 0 Å². The molecule has 0 aromatic heterocycles. The van der Waals surface area contributed by atoms with Crippen LogP contribution in [-0.4, -0.2) is 13.6 Å². The van der Waals surface area contributed by atoms with Gasteiger partial charge in [0.1, 0.15) is 0 Å². The number of hydrogen-bond acceptors (Lipinski definition) is 1. The molecule has 3 unspecified atom stereocenters. The number of rotatable bonds is 3. The van der Waals surface area contributed by atoms with Crippen LogP contribution in [0.25, 0.3) is 0 Å². The molecule has 1 aromatic rings. The Labute approximate surface area is 124 Å². The minimum absolute atomic E-state index is 0.364. The highest BCUT2D eigenvalue weighted by Crippen LogP contribution is 2.42. The maximum Gasteiger partial charge on any atom is 0.416 e. The third-order valence-electron chi connectivity index (χ3n) is 4.72. The number of aryl methyl sites for hydroxylation is 1. The topological polar surface area (TPSA) is 12.0 Å². The molecule has 1 aliphatic rings. The van der Waals surface area contributed by atoms with Crippen LogP contribution in [-0.2, 0) is 6.18 Å². The predicted octanol–water partition coefficient (Wildman–Crippen LogP) is 4.75. The summed E-state index contributed by atoms with van der Waals surface area (Å²) >= 11 is 0. The Kier molecular flexibility index (Phi) is 4.97. The van der Waals surface area contributed by atoms with Crippen molar-refractivity contribution >= 4 is 0 Å². The van der Waals surface area contributed by atoms with E-state index in [0.717, 1.165) is 30.5 Å². The molecule has 1 nitrogen and oxygen atoms in total. The normalized spacial score (nSPS) is 26.9. The van der Waals surface area contributed by atoms with Crippen molar-refractivity contribution in [2.75, 3.05) is 13.6 Å². The van der Waals surface area contributed by atoms with Crippen LogP contribution < -0.4 is 5.32 Å². The van der Waals surface area contributed by atoms with Crippen LogP contribution in [0, 0.1) is 18.8 Å². The number of halogens is 3. The number of benzene rings is 1. The molecular formula is C17H24F3N. The molecule has 0 radical (unpaired) electrons. The van der Waals surface area contributed by atoms with Gasteiger partial charge < -0.3 is 5.32 Å². The Morgan fingerprint density at radius 2 is 1.95 bits per heavy atom. The van der Waals surface area contributed by atoms with Crippen LogP contribution in [0.2, 0.25) is 0 Å². The average molecular weight is 299 g/mol. The molecule has 1 fully saturated rings. The van der Waals surface area contributed by atoms with Gasteiger partial charge in [-0.2, -0.15) is 13.2 Å². The van der Waals surface area contributed by atoms with Gasteiger partial charge in [-0.05, 0) is 74.4 Å². The zero-order valence-electron chi connectivity index (χ0n) is 12.9. The number of alkyl halides is 3. The molecule has 1 aromatic carbocycles. The fraction of sp³-hybridized carbons (Fsp3) is 0.647. The second kappa shape index (κ2) is 6.39. The van der Waals surface area contributed by atoms with Gasteiger partial charge in [0.05, 0.1) is 5.56 Å². The van der Waals surface area contributed by atoms with Crippen LogP contribution in [0.15, 0.2) is 18.2 Å². The molecule has 3 atom stereocenters. The van der Waals surface area contributed by atoms with Crippen LogP contribution >= 0.6 is 0 Å². The standard InChI is InChI=1S/C17H24F3N/c1-11-4-5-13(10-21-3)16(8-11)15-7-6-14(9-12(15)2)17(18,19)20/h6-7,9,11,13,16,21H,4-5,8,10H2,1-3H3. The van der Waals surface area contributed by atoms with Crippen molar-refractivity contribution in [1.29, 1.82) is 0 Å². The molecule has 21 heavy (non-hydrogen) atoms. The molecule has 0 amide bonds. The minimum atomic E-state index is -4.26. The summed E-state index contributed by atoms with van der Waals surface area (Å²) in [6, 6.07) is 4.23. The lowest BCUT2D eigenvalue weighted by Gasteiger charge is -2.36. The summed E-state index contributed by atoms with van der Waals surface area (Å²) in [4.78, 5) is 0. The second-order valence-electron chi connectivity index (χ2n) is 6.41. The lowest BCUT2D eigenvalue weighted by atomic mass is 9.70. The summed E-state index contributed by atoms with van der Waals surface area (Å²) in [5.74, 6) is 1.52. The molecule has 0 heterocycles. The van der Waals surface area contributed by atoms with Crippen molar-refractivity contribution < 1.29 is 13.2 Å². The SMILES string of the molecule is CNCC1CCC(C)CC1c1ccc(C(F)(F)F)cc1C. The first-order chi connectivity index (χ1) is 9.82. The zero-order chi connectivity index (χ0) is 15.6. The summed E-state index contributed by atoms with van der Waals surface area (Å²) in [7, 11) is 1.94. The third kappa shape index (κ3) is 3.79. The maximum absolute atomic E-state index is 12.8. The van der Waals surface area contributed by atoms with E-state index in [0.29, 0.717) is 17.8 Å². The monoisotopic (exact) mass is 299 g/mol. The van der Waals surface area contributed by atoms with Crippen molar-refractivity contribution in [3.05, 3.63) is 34.9 Å². The Bertz CT molecular complexity index is 481. The number of hydrogen-bond donors (Lipinski definition) is 1. The average Bonchev–Trinajstić information content (AvgIpc) is 2.40. The summed E-state index contributed by atoms with van der Waals surface area (Å²) in [5, 5.41) is 3.23. The van der Waals surface area contributed by atoms with Crippen LogP contribution in [0.4, 0.5) is 13.2 Å². The van der Waals surface area contributed by atoms with Crippen LogP contribution in [0.1, 0.15) is 48.8 Å². The van der Waals surface area contributed by atoms with E-state index < -0.39 is 11.7 Å². The Morgan fingerprint density at radius 1 is 1.24 bits per heavy atom. The highest BCUT2D eigenvalue weighted by atomic mass is 19.4. The molecular weight excluding hydrogens is 275 g/mol. The van der Waals surface area contributed by atoms with Gasteiger partial charge >= 0.3 is 6.18 Å². The van der Waals surface area contributed by atoms with Gasteiger partial charge in [-0.15, -0.1) is 0 Å². The molecule has 1 saturated carbocycles. The quantitative estimate of drug-likeness (QED) is 0.849. The molecule has 0 saturated heterocycles. The van der Waals surface area contributed by atoms with Crippen molar-refractivity contribution in [3.8, 4) is 0 Å². The fourth-order valence-corrected chi connectivity index (χ4v) is 3.60. The molecule has 0 bridgehead atoms. The second-order valence-corrected chi connectivity index (χ2v) is 6.41. The first-order valence-electron chi connectivity index (χ1n) is 7.65. The van der Waals surface area contributed by atoms with Crippen LogP contribution in [0.3, 0.4) is 0 Å². The Hall–Kier alpha value is -1.03.